The first-order chi connectivity index (χ1) is 16.2. The normalized spacial score (nSPS) is 15.6. The van der Waals surface area contributed by atoms with Crippen molar-refractivity contribution in [1.29, 1.82) is 0 Å². The van der Waals surface area contributed by atoms with Crippen LogP contribution in [0, 0.1) is 13.8 Å². The third-order valence-corrected chi connectivity index (χ3v) is 7.36. The summed E-state index contributed by atoms with van der Waals surface area (Å²) < 4.78 is 10.9. The number of nitrogens with one attached hydrogen (secondary N) is 1. The van der Waals surface area contributed by atoms with Crippen molar-refractivity contribution in [3.8, 4) is 11.5 Å². The fourth-order valence-corrected chi connectivity index (χ4v) is 4.91. The van der Waals surface area contributed by atoms with Gasteiger partial charge in [0.25, 0.3) is 0 Å². The molecule has 3 rings (SSSR count). The highest BCUT2D eigenvalue weighted by molar-refractivity contribution is 5.71. The minimum atomic E-state index is -0.777. The van der Waals surface area contributed by atoms with E-state index in [4.69, 9.17) is 9.47 Å². The molecule has 0 aliphatic heterocycles. The van der Waals surface area contributed by atoms with Gasteiger partial charge >= 0.3 is 5.97 Å². The summed E-state index contributed by atoms with van der Waals surface area (Å²) in [5.74, 6) is 1.36. The lowest BCUT2D eigenvalue weighted by Crippen LogP contribution is -2.40. The van der Waals surface area contributed by atoms with Crippen LogP contribution in [0.2, 0.25) is 0 Å². The number of ether oxygens (including phenoxy) is 2. The number of carbonyl (C=O) groups is 1. The van der Waals surface area contributed by atoms with Gasteiger partial charge in [0.2, 0.25) is 0 Å². The summed E-state index contributed by atoms with van der Waals surface area (Å²) in [6.07, 6.45) is 3.08. The SMILES string of the molecule is COc1cc2c(cc1OC)C([C@@H](C)N(C)CCCNCCc1cc(C)c(C)cc1CC(=O)O)C2. The maximum Gasteiger partial charge on any atom is 0.307 e. The number of nitrogens with zero attached hydrogens (tertiary/aromatic N) is 1. The van der Waals surface area contributed by atoms with E-state index < -0.39 is 5.97 Å². The zero-order valence-electron chi connectivity index (χ0n) is 21.5. The van der Waals surface area contributed by atoms with Crippen molar-refractivity contribution >= 4 is 5.97 Å². The van der Waals surface area contributed by atoms with Gasteiger partial charge in [0.1, 0.15) is 0 Å². The molecule has 2 aromatic carbocycles. The fourth-order valence-electron chi connectivity index (χ4n) is 4.91. The molecule has 2 aromatic rings. The topological polar surface area (TPSA) is 71.0 Å². The second kappa shape index (κ2) is 11.7. The Balaban J connectivity index is 1.43. The van der Waals surface area contributed by atoms with Crippen molar-refractivity contribution < 1.29 is 19.4 Å². The molecule has 6 heteroatoms. The second-order valence-electron chi connectivity index (χ2n) is 9.57. The molecular weight excluding hydrogens is 428 g/mol. The minimum Gasteiger partial charge on any atom is -0.493 e. The maximum absolute atomic E-state index is 11.2. The molecule has 0 heterocycles. The molecule has 0 aromatic heterocycles. The standard InChI is InChI=1S/C28H40N2O4/c1-18-12-21(22(13-19(18)2)16-28(31)32)8-10-29-9-7-11-30(4)20(3)24-14-23-15-26(33-5)27(34-6)17-25(23)24/h12-13,15,17,20,24,29H,7-11,14,16H2,1-6H3,(H,31,32)/t20-,24?/m1/s1. The van der Waals surface area contributed by atoms with Crippen LogP contribution >= 0.6 is 0 Å². The lowest BCUT2D eigenvalue weighted by molar-refractivity contribution is -0.136. The molecule has 2 N–H and O–H groups in total. The number of fused-ring (bicyclic) bond motifs is 1. The predicted octanol–water partition coefficient (Wildman–Crippen LogP) is 4.13. The molecule has 0 bridgehead atoms. The Morgan fingerprint density at radius 3 is 2.38 bits per heavy atom. The predicted molar refractivity (Wildman–Crippen MR) is 137 cm³/mol. The monoisotopic (exact) mass is 468 g/mol. The number of benzene rings is 2. The average molecular weight is 469 g/mol. The van der Waals surface area contributed by atoms with Crippen molar-refractivity contribution in [3.05, 3.63) is 57.6 Å². The molecule has 0 saturated carbocycles. The highest BCUT2D eigenvalue weighted by atomic mass is 16.5. The third kappa shape index (κ3) is 6.10. The average Bonchev–Trinajstić information content (AvgIpc) is 2.79. The van der Waals surface area contributed by atoms with E-state index in [1.54, 1.807) is 14.2 Å². The Labute approximate surface area is 204 Å². The lowest BCUT2D eigenvalue weighted by Gasteiger charge is -2.40. The van der Waals surface area contributed by atoms with E-state index in [0.29, 0.717) is 12.0 Å². The van der Waals surface area contributed by atoms with E-state index in [0.717, 1.165) is 67.1 Å². The first-order valence-electron chi connectivity index (χ1n) is 12.2. The van der Waals surface area contributed by atoms with Crippen LogP contribution in [0.5, 0.6) is 11.5 Å². The summed E-state index contributed by atoms with van der Waals surface area (Å²) in [6.45, 7) is 9.26. The number of hydrogen-bond donors (Lipinski definition) is 2. The molecule has 0 spiro atoms. The summed E-state index contributed by atoms with van der Waals surface area (Å²) in [5.41, 5.74) is 7.17. The molecule has 0 amide bonds. The summed E-state index contributed by atoms with van der Waals surface area (Å²) in [7, 11) is 5.58. The van der Waals surface area contributed by atoms with Crippen LogP contribution in [0.3, 0.4) is 0 Å². The first-order valence-corrected chi connectivity index (χ1v) is 12.2. The third-order valence-electron chi connectivity index (χ3n) is 7.36. The van der Waals surface area contributed by atoms with Crippen LogP contribution in [-0.2, 0) is 24.1 Å². The first kappa shape index (κ1) is 26.0. The van der Waals surface area contributed by atoms with E-state index in [9.17, 15) is 9.90 Å². The number of aryl methyl sites for hydroxylation is 2. The van der Waals surface area contributed by atoms with Gasteiger partial charge in [0.05, 0.1) is 20.6 Å². The van der Waals surface area contributed by atoms with E-state index in [-0.39, 0.29) is 6.42 Å². The van der Waals surface area contributed by atoms with E-state index in [1.165, 1.54) is 16.7 Å². The van der Waals surface area contributed by atoms with Crippen molar-refractivity contribution in [2.75, 3.05) is 40.9 Å². The molecule has 186 valence electrons. The number of aliphatic carboxylic acids is 1. The summed E-state index contributed by atoms with van der Waals surface area (Å²) in [6, 6.07) is 8.88. The van der Waals surface area contributed by atoms with Gasteiger partial charge in [-0.3, -0.25) is 4.79 Å². The van der Waals surface area contributed by atoms with E-state index >= 15 is 0 Å². The number of methoxy groups -OCH3 is 2. The lowest BCUT2D eigenvalue weighted by atomic mass is 9.73. The minimum absolute atomic E-state index is 0.0854. The molecule has 1 aliphatic rings. The molecule has 2 atom stereocenters. The summed E-state index contributed by atoms with van der Waals surface area (Å²) in [5, 5.41) is 12.8. The number of rotatable bonds is 13. The number of carboxylic acids is 1. The molecule has 0 radical (unpaired) electrons. The zero-order valence-corrected chi connectivity index (χ0v) is 21.5. The van der Waals surface area contributed by atoms with Gasteiger partial charge in [0.15, 0.2) is 11.5 Å². The maximum atomic E-state index is 11.2. The van der Waals surface area contributed by atoms with Crippen LogP contribution in [-0.4, -0.2) is 62.9 Å². The van der Waals surface area contributed by atoms with E-state index in [1.807, 2.05) is 13.0 Å². The Morgan fingerprint density at radius 2 is 1.74 bits per heavy atom. The van der Waals surface area contributed by atoms with E-state index in [2.05, 4.69) is 49.3 Å². The van der Waals surface area contributed by atoms with Crippen LogP contribution in [0.15, 0.2) is 24.3 Å². The van der Waals surface area contributed by atoms with Crippen molar-refractivity contribution in [1.82, 2.24) is 10.2 Å². The van der Waals surface area contributed by atoms with Crippen LogP contribution in [0.4, 0.5) is 0 Å². The number of likely N-dealkylation sites (N-methyl/N-ethyl adjacent to an activating group) is 1. The Bertz CT molecular complexity index is 1000. The van der Waals surface area contributed by atoms with Crippen LogP contribution in [0.1, 0.15) is 52.6 Å². The Hall–Kier alpha value is -2.57. The smallest absolute Gasteiger partial charge is 0.307 e. The molecule has 34 heavy (non-hydrogen) atoms. The van der Waals surface area contributed by atoms with Crippen LogP contribution < -0.4 is 14.8 Å². The molecule has 6 nitrogen and oxygen atoms in total. The van der Waals surface area contributed by atoms with Gasteiger partial charge in [0, 0.05) is 12.0 Å². The quantitative estimate of drug-likeness (QED) is 0.431. The van der Waals surface area contributed by atoms with Gasteiger partial charge in [-0.15, -0.1) is 0 Å². The van der Waals surface area contributed by atoms with Gasteiger partial charge in [-0.25, -0.2) is 0 Å². The highest BCUT2D eigenvalue weighted by Crippen LogP contribution is 2.44. The van der Waals surface area contributed by atoms with Gasteiger partial charge in [-0.1, -0.05) is 12.1 Å². The van der Waals surface area contributed by atoms with Gasteiger partial charge in [-0.05, 0) is 112 Å². The molecule has 1 aliphatic carbocycles. The Kier molecular flexibility index (Phi) is 8.97. The fraction of sp³-hybridized carbons (Fsp3) is 0.536. The van der Waals surface area contributed by atoms with Crippen LogP contribution in [0.25, 0.3) is 0 Å². The van der Waals surface area contributed by atoms with Crippen molar-refractivity contribution in [2.45, 2.75) is 58.4 Å². The Morgan fingerprint density at radius 1 is 1.09 bits per heavy atom. The highest BCUT2D eigenvalue weighted by Gasteiger charge is 2.34. The van der Waals surface area contributed by atoms with Gasteiger partial charge in [-0.2, -0.15) is 0 Å². The number of hydrogen-bond acceptors (Lipinski definition) is 5. The number of carboxylic acid groups (broad SMARTS) is 1. The summed E-state index contributed by atoms with van der Waals surface area (Å²) >= 11 is 0. The zero-order chi connectivity index (χ0) is 24.8. The van der Waals surface area contributed by atoms with Gasteiger partial charge < -0.3 is 24.8 Å². The molecule has 0 saturated heterocycles. The van der Waals surface area contributed by atoms with Crippen molar-refractivity contribution in [2.24, 2.45) is 0 Å². The van der Waals surface area contributed by atoms with Crippen molar-refractivity contribution in [3.63, 3.8) is 0 Å². The molecule has 1 unspecified atom stereocenters. The summed E-state index contributed by atoms with van der Waals surface area (Å²) in [4.78, 5) is 13.7. The molecule has 0 fully saturated rings. The molecular formula is C28H40N2O4. The largest absolute Gasteiger partial charge is 0.493 e. The second-order valence-corrected chi connectivity index (χ2v) is 9.57.